The van der Waals surface area contributed by atoms with Crippen LogP contribution >= 0.6 is 0 Å². The smallest absolute Gasteiger partial charge is 0.306 e. The van der Waals surface area contributed by atoms with Crippen molar-refractivity contribution in [3.8, 4) is 11.5 Å². The second-order valence-electron chi connectivity index (χ2n) is 6.49. The highest BCUT2D eigenvalue weighted by Gasteiger charge is 2.12. The molecule has 0 spiro atoms. The number of carbonyl (C=O) groups is 3. The van der Waals surface area contributed by atoms with Crippen molar-refractivity contribution < 1.29 is 28.6 Å². The Morgan fingerprint density at radius 2 is 1.60 bits per heavy atom. The van der Waals surface area contributed by atoms with Gasteiger partial charge in [-0.1, -0.05) is 18.2 Å². The Balaban J connectivity index is 1.70. The van der Waals surface area contributed by atoms with Crippen molar-refractivity contribution in [3.63, 3.8) is 0 Å². The van der Waals surface area contributed by atoms with Crippen LogP contribution in [0, 0.1) is 6.92 Å². The molecule has 2 aromatic rings. The highest BCUT2D eigenvalue weighted by molar-refractivity contribution is 5.94. The first-order valence-electron chi connectivity index (χ1n) is 9.46. The molecule has 30 heavy (non-hydrogen) atoms. The summed E-state index contributed by atoms with van der Waals surface area (Å²) in [6.45, 7) is 1.48. The van der Waals surface area contributed by atoms with Gasteiger partial charge in [0.05, 0.1) is 19.9 Å². The number of esters is 1. The number of nitrogens with one attached hydrogen (secondary N) is 2. The van der Waals surface area contributed by atoms with Crippen LogP contribution in [0.25, 0.3) is 0 Å². The highest BCUT2D eigenvalue weighted by Crippen LogP contribution is 2.28. The summed E-state index contributed by atoms with van der Waals surface area (Å²) in [7, 11) is 3.00. The van der Waals surface area contributed by atoms with Gasteiger partial charge in [-0.15, -0.1) is 0 Å². The Kier molecular flexibility index (Phi) is 8.68. The van der Waals surface area contributed by atoms with E-state index in [1.807, 2.05) is 31.2 Å². The zero-order valence-corrected chi connectivity index (χ0v) is 17.3. The van der Waals surface area contributed by atoms with Gasteiger partial charge in [-0.2, -0.15) is 0 Å². The minimum atomic E-state index is -0.546. The first-order chi connectivity index (χ1) is 14.4. The molecule has 0 atom stereocenters. The normalized spacial score (nSPS) is 10.1. The maximum atomic E-state index is 12.0. The first-order valence-corrected chi connectivity index (χ1v) is 9.46. The van der Waals surface area contributed by atoms with Gasteiger partial charge in [-0.05, 0) is 37.1 Å². The van der Waals surface area contributed by atoms with Crippen molar-refractivity contribution in [1.29, 1.82) is 0 Å². The van der Waals surface area contributed by atoms with Crippen LogP contribution in [0.5, 0.6) is 11.5 Å². The summed E-state index contributed by atoms with van der Waals surface area (Å²) >= 11 is 0. The summed E-state index contributed by atoms with van der Waals surface area (Å²) in [6.07, 6.45) is 0.545. The van der Waals surface area contributed by atoms with Gasteiger partial charge in [-0.3, -0.25) is 14.4 Å². The third-order valence-corrected chi connectivity index (χ3v) is 4.25. The standard InChI is InChI=1S/C22H26N2O6/c1-15-7-4-5-8-17(15)23-20(25)9-6-10-22(27)30-14-21(26)24-18-12-11-16(28-2)13-19(18)29-3/h4-5,7-8,11-13H,6,9-10,14H2,1-3H3,(H,23,25)(H,24,26). The van der Waals surface area contributed by atoms with Gasteiger partial charge in [-0.25, -0.2) is 0 Å². The number of aryl methyl sites for hydroxylation is 1. The summed E-state index contributed by atoms with van der Waals surface area (Å²) in [5.74, 6) is -0.211. The number of rotatable bonds is 10. The molecule has 0 saturated heterocycles. The van der Waals surface area contributed by atoms with Crippen molar-refractivity contribution >= 4 is 29.2 Å². The molecule has 0 aliphatic carbocycles. The Hall–Kier alpha value is -3.55. The lowest BCUT2D eigenvalue weighted by Gasteiger charge is -2.12. The number of hydrogen-bond acceptors (Lipinski definition) is 6. The Morgan fingerprint density at radius 3 is 2.30 bits per heavy atom. The number of para-hydroxylation sites is 1. The van der Waals surface area contributed by atoms with Crippen molar-refractivity contribution in [2.24, 2.45) is 0 Å². The Labute approximate surface area is 175 Å². The molecule has 0 heterocycles. The van der Waals surface area contributed by atoms with Gasteiger partial charge < -0.3 is 24.8 Å². The van der Waals surface area contributed by atoms with Gasteiger partial charge in [0.2, 0.25) is 5.91 Å². The van der Waals surface area contributed by atoms with E-state index in [1.54, 1.807) is 18.2 Å². The van der Waals surface area contributed by atoms with E-state index in [0.717, 1.165) is 11.3 Å². The van der Waals surface area contributed by atoms with E-state index in [0.29, 0.717) is 23.6 Å². The maximum absolute atomic E-state index is 12.0. The fourth-order valence-electron chi connectivity index (χ4n) is 2.63. The van der Waals surface area contributed by atoms with E-state index < -0.39 is 18.5 Å². The monoisotopic (exact) mass is 414 g/mol. The van der Waals surface area contributed by atoms with Gasteiger partial charge in [0.1, 0.15) is 11.5 Å². The van der Waals surface area contributed by atoms with E-state index in [9.17, 15) is 14.4 Å². The van der Waals surface area contributed by atoms with Crippen molar-refractivity contribution in [3.05, 3.63) is 48.0 Å². The molecule has 8 heteroatoms. The zero-order chi connectivity index (χ0) is 21.9. The van der Waals surface area contributed by atoms with Crippen LogP contribution in [-0.2, 0) is 19.1 Å². The van der Waals surface area contributed by atoms with Gasteiger partial charge in [0.15, 0.2) is 6.61 Å². The fourth-order valence-corrected chi connectivity index (χ4v) is 2.63. The van der Waals surface area contributed by atoms with E-state index in [-0.39, 0.29) is 18.7 Å². The second-order valence-corrected chi connectivity index (χ2v) is 6.49. The summed E-state index contributed by atoms with van der Waals surface area (Å²) in [6, 6.07) is 12.4. The summed E-state index contributed by atoms with van der Waals surface area (Å²) in [4.78, 5) is 35.8. The molecule has 2 rings (SSSR count). The van der Waals surface area contributed by atoms with Crippen LogP contribution in [0.15, 0.2) is 42.5 Å². The van der Waals surface area contributed by atoms with E-state index in [4.69, 9.17) is 14.2 Å². The highest BCUT2D eigenvalue weighted by atomic mass is 16.5. The predicted molar refractivity (Wildman–Crippen MR) is 113 cm³/mol. The molecule has 2 amide bonds. The molecule has 160 valence electrons. The van der Waals surface area contributed by atoms with E-state index in [1.165, 1.54) is 14.2 Å². The molecule has 0 bridgehead atoms. The Morgan fingerprint density at radius 1 is 0.867 bits per heavy atom. The molecule has 0 aliphatic heterocycles. The lowest BCUT2D eigenvalue weighted by atomic mass is 10.2. The van der Waals surface area contributed by atoms with Crippen molar-refractivity contribution in [2.75, 3.05) is 31.5 Å². The van der Waals surface area contributed by atoms with Crippen LogP contribution in [0.4, 0.5) is 11.4 Å². The minimum Gasteiger partial charge on any atom is -0.497 e. The molecule has 0 aromatic heterocycles. The summed E-state index contributed by atoms with van der Waals surface area (Å²) in [5.41, 5.74) is 2.15. The van der Waals surface area contributed by atoms with Gasteiger partial charge in [0.25, 0.3) is 5.91 Å². The maximum Gasteiger partial charge on any atom is 0.306 e. The largest absolute Gasteiger partial charge is 0.497 e. The van der Waals surface area contributed by atoms with Crippen LogP contribution in [-0.4, -0.2) is 38.6 Å². The number of anilines is 2. The number of benzene rings is 2. The number of ether oxygens (including phenoxy) is 3. The van der Waals surface area contributed by atoms with E-state index in [2.05, 4.69) is 10.6 Å². The molecule has 0 saturated carbocycles. The third-order valence-electron chi connectivity index (χ3n) is 4.25. The Bertz CT molecular complexity index is 897. The lowest BCUT2D eigenvalue weighted by molar-refractivity contribution is -0.147. The number of carbonyl (C=O) groups excluding carboxylic acids is 3. The van der Waals surface area contributed by atoms with Gasteiger partial charge in [0, 0.05) is 24.6 Å². The predicted octanol–water partition coefficient (Wildman–Crippen LogP) is 3.30. The van der Waals surface area contributed by atoms with Crippen molar-refractivity contribution in [2.45, 2.75) is 26.2 Å². The lowest BCUT2D eigenvalue weighted by Crippen LogP contribution is -2.21. The topological polar surface area (TPSA) is 103 Å². The fraction of sp³-hybridized carbons (Fsp3) is 0.318. The van der Waals surface area contributed by atoms with Crippen molar-refractivity contribution in [1.82, 2.24) is 0 Å². The van der Waals surface area contributed by atoms with Gasteiger partial charge >= 0.3 is 5.97 Å². The molecule has 0 aliphatic rings. The zero-order valence-electron chi connectivity index (χ0n) is 17.3. The molecule has 0 unspecified atom stereocenters. The average Bonchev–Trinajstić information content (AvgIpc) is 2.74. The quantitative estimate of drug-likeness (QED) is 0.578. The molecule has 2 N–H and O–H groups in total. The average molecular weight is 414 g/mol. The number of amides is 2. The van der Waals surface area contributed by atoms with Crippen LogP contribution < -0.4 is 20.1 Å². The van der Waals surface area contributed by atoms with Crippen LogP contribution in [0.1, 0.15) is 24.8 Å². The van der Waals surface area contributed by atoms with Crippen LogP contribution in [0.2, 0.25) is 0 Å². The van der Waals surface area contributed by atoms with E-state index >= 15 is 0 Å². The number of methoxy groups -OCH3 is 2. The SMILES string of the molecule is COc1ccc(NC(=O)COC(=O)CCCC(=O)Nc2ccccc2C)c(OC)c1. The molecular weight excluding hydrogens is 388 g/mol. The third kappa shape index (κ3) is 7.12. The second kappa shape index (κ2) is 11.5. The molecule has 0 fully saturated rings. The summed E-state index contributed by atoms with van der Waals surface area (Å²) < 4.78 is 15.3. The molecule has 0 radical (unpaired) electrons. The summed E-state index contributed by atoms with van der Waals surface area (Å²) in [5, 5.41) is 5.42. The first kappa shape index (κ1) is 22.7. The molecule has 2 aromatic carbocycles. The molecule has 8 nitrogen and oxygen atoms in total. The number of hydrogen-bond donors (Lipinski definition) is 2. The minimum absolute atomic E-state index is 0.0420. The van der Waals surface area contributed by atoms with Crippen LogP contribution in [0.3, 0.4) is 0 Å². The molecular formula is C22H26N2O6.